The molecule has 106 valence electrons. The summed E-state index contributed by atoms with van der Waals surface area (Å²) in [5, 5.41) is 3.24. The lowest BCUT2D eigenvalue weighted by Gasteiger charge is -2.22. The molecule has 3 nitrogen and oxygen atoms in total. The zero-order valence-corrected chi connectivity index (χ0v) is 13.6. The maximum atomic E-state index is 11.7. The second-order valence-corrected chi connectivity index (χ2v) is 6.40. The van der Waals surface area contributed by atoms with E-state index < -0.39 is 5.60 Å². The molecule has 19 heavy (non-hydrogen) atoms. The molecule has 1 N–H and O–H groups in total. The number of carbonyl (C=O) groups excluding carboxylic acids is 1. The average Bonchev–Trinajstić information content (AvgIpc) is 2.27. The Labute approximate surface area is 123 Å². The normalized spacial score (nSPS) is 13.1. The quantitative estimate of drug-likeness (QED) is 0.835. The number of halogens is 1. The first kappa shape index (κ1) is 16.2. The molecule has 0 aliphatic heterocycles. The third-order valence-electron chi connectivity index (χ3n) is 2.57. The van der Waals surface area contributed by atoms with Crippen LogP contribution in [0.1, 0.15) is 45.7 Å². The first-order valence-corrected chi connectivity index (χ1v) is 7.32. The molecule has 1 aromatic carbocycles. The predicted octanol–water partition coefficient (Wildman–Crippen LogP) is 3.83. The Kier molecular flexibility index (Phi) is 6.01. The maximum Gasteiger partial charge on any atom is 0.320 e. The van der Waals surface area contributed by atoms with Crippen molar-refractivity contribution in [2.45, 2.75) is 45.8 Å². The Morgan fingerprint density at radius 3 is 2.63 bits per heavy atom. The van der Waals surface area contributed by atoms with E-state index in [9.17, 15) is 4.79 Å². The lowest BCUT2D eigenvalue weighted by molar-refractivity contribution is -0.153. The SMILES string of the molecule is CCC(NCC(=O)OC(C)(C)C)c1cccc(Br)c1. The molecule has 0 aliphatic rings. The van der Waals surface area contributed by atoms with E-state index in [1.165, 1.54) is 5.56 Å². The molecule has 4 heteroatoms. The van der Waals surface area contributed by atoms with Gasteiger partial charge in [-0.25, -0.2) is 0 Å². The molecule has 1 unspecified atom stereocenters. The van der Waals surface area contributed by atoms with Crippen LogP contribution in [0.3, 0.4) is 0 Å². The van der Waals surface area contributed by atoms with Gasteiger partial charge in [-0.3, -0.25) is 4.79 Å². The van der Waals surface area contributed by atoms with Gasteiger partial charge in [-0.2, -0.15) is 0 Å². The van der Waals surface area contributed by atoms with Crippen molar-refractivity contribution in [2.75, 3.05) is 6.54 Å². The van der Waals surface area contributed by atoms with Crippen LogP contribution in [0.15, 0.2) is 28.7 Å². The summed E-state index contributed by atoms with van der Waals surface area (Å²) in [6.45, 7) is 7.93. The van der Waals surface area contributed by atoms with Gasteiger partial charge in [0.1, 0.15) is 5.60 Å². The molecule has 0 spiro atoms. The fourth-order valence-corrected chi connectivity index (χ4v) is 2.22. The van der Waals surface area contributed by atoms with E-state index in [2.05, 4.69) is 40.3 Å². The second-order valence-electron chi connectivity index (χ2n) is 5.48. The lowest BCUT2D eigenvalue weighted by atomic mass is 10.0. The van der Waals surface area contributed by atoms with Gasteiger partial charge >= 0.3 is 5.97 Å². The van der Waals surface area contributed by atoms with E-state index in [1.807, 2.05) is 32.9 Å². The van der Waals surface area contributed by atoms with Crippen molar-refractivity contribution in [3.63, 3.8) is 0 Å². The fraction of sp³-hybridized carbons (Fsp3) is 0.533. The number of hydrogen-bond donors (Lipinski definition) is 1. The summed E-state index contributed by atoms with van der Waals surface area (Å²) in [5.41, 5.74) is 0.733. The highest BCUT2D eigenvalue weighted by molar-refractivity contribution is 9.10. The molecule has 0 saturated carbocycles. The van der Waals surface area contributed by atoms with Crippen LogP contribution in [0.2, 0.25) is 0 Å². The molecule has 0 fully saturated rings. The third kappa shape index (κ3) is 6.21. The van der Waals surface area contributed by atoms with Crippen molar-refractivity contribution in [1.82, 2.24) is 5.32 Å². The minimum Gasteiger partial charge on any atom is -0.459 e. The van der Waals surface area contributed by atoms with Gasteiger partial charge in [-0.1, -0.05) is 35.0 Å². The molecule has 0 bridgehead atoms. The number of nitrogens with one attached hydrogen (secondary N) is 1. The number of hydrogen-bond acceptors (Lipinski definition) is 3. The van der Waals surface area contributed by atoms with Crippen LogP contribution in [0, 0.1) is 0 Å². The van der Waals surface area contributed by atoms with Crippen molar-refractivity contribution in [1.29, 1.82) is 0 Å². The van der Waals surface area contributed by atoms with Gasteiger partial charge in [0, 0.05) is 10.5 Å². The third-order valence-corrected chi connectivity index (χ3v) is 3.07. The number of benzene rings is 1. The van der Waals surface area contributed by atoms with E-state index in [-0.39, 0.29) is 18.6 Å². The van der Waals surface area contributed by atoms with Gasteiger partial charge in [0.25, 0.3) is 0 Å². The molecular formula is C15H22BrNO2. The van der Waals surface area contributed by atoms with E-state index in [0.717, 1.165) is 10.9 Å². The molecule has 0 aromatic heterocycles. The van der Waals surface area contributed by atoms with Crippen molar-refractivity contribution < 1.29 is 9.53 Å². The highest BCUT2D eigenvalue weighted by atomic mass is 79.9. The van der Waals surface area contributed by atoms with Gasteiger partial charge in [0.15, 0.2) is 0 Å². The minimum atomic E-state index is -0.434. The van der Waals surface area contributed by atoms with E-state index >= 15 is 0 Å². The lowest BCUT2D eigenvalue weighted by Crippen LogP contribution is -2.33. The molecule has 0 saturated heterocycles. The van der Waals surface area contributed by atoms with Crippen LogP contribution >= 0.6 is 15.9 Å². The van der Waals surface area contributed by atoms with E-state index in [1.54, 1.807) is 0 Å². The van der Waals surface area contributed by atoms with E-state index in [0.29, 0.717) is 0 Å². The Hall–Kier alpha value is -0.870. The summed E-state index contributed by atoms with van der Waals surface area (Å²) in [7, 11) is 0. The summed E-state index contributed by atoms with van der Waals surface area (Å²) >= 11 is 3.46. The topological polar surface area (TPSA) is 38.3 Å². The Bertz CT molecular complexity index is 426. The van der Waals surface area contributed by atoms with Gasteiger partial charge in [-0.05, 0) is 44.9 Å². The van der Waals surface area contributed by atoms with Crippen LogP contribution in [-0.4, -0.2) is 18.1 Å². The maximum absolute atomic E-state index is 11.7. The largest absolute Gasteiger partial charge is 0.459 e. The van der Waals surface area contributed by atoms with Gasteiger partial charge in [0.05, 0.1) is 6.54 Å². The minimum absolute atomic E-state index is 0.157. The summed E-state index contributed by atoms with van der Waals surface area (Å²) in [4.78, 5) is 11.7. The number of carbonyl (C=O) groups is 1. The molecule has 1 atom stereocenters. The van der Waals surface area contributed by atoms with Crippen LogP contribution in [-0.2, 0) is 9.53 Å². The van der Waals surface area contributed by atoms with Crippen LogP contribution in [0.4, 0.5) is 0 Å². The standard InChI is InChI=1S/C15H22BrNO2/c1-5-13(11-7-6-8-12(16)9-11)17-10-14(18)19-15(2,3)4/h6-9,13,17H,5,10H2,1-4H3. The van der Waals surface area contributed by atoms with Crippen LogP contribution in [0.5, 0.6) is 0 Å². The van der Waals surface area contributed by atoms with Crippen molar-refractivity contribution in [2.24, 2.45) is 0 Å². The number of esters is 1. The molecule has 0 heterocycles. The Balaban J connectivity index is 2.56. The molecule has 0 aliphatic carbocycles. The van der Waals surface area contributed by atoms with Crippen molar-refractivity contribution in [3.8, 4) is 0 Å². The van der Waals surface area contributed by atoms with Gasteiger partial charge < -0.3 is 10.1 Å². The summed E-state index contributed by atoms with van der Waals surface area (Å²) in [5.74, 6) is -0.221. The monoisotopic (exact) mass is 327 g/mol. The molecule has 0 amide bonds. The molecule has 0 radical (unpaired) electrons. The smallest absolute Gasteiger partial charge is 0.320 e. The van der Waals surface area contributed by atoms with Crippen LogP contribution in [0.25, 0.3) is 0 Å². The Morgan fingerprint density at radius 1 is 1.42 bits per heavy atom. The van der Waals surface area contributed by atoms with Crippen molar-refractivity contribution in [3.05, 3.63) is 34.3 Å². The van der Waals surface area contributed by atoms with E-state index in [4.69, 9.17) is 4.74 Å². The zero-order chi connectivity index (χ0) is 14.5. The first-order valence-electron chi connectivity index (χ1n) is 6.52. The molecule has 1 aromatic rings. The Morgan fingerprint density at radius 2 is 2.11 bits per heavy atom. The van der Waals surface area contributed by atoms with Gasteiger partial charge in [0.2, 0.25) is 0 Å². The molecule has 1 rings (SSSR count). The predicted molar refractivity (Wildman–Crippen MR) is 81.0 cm³/mol. The highest BCUT2D eigenvalue weighted by Crippen LogP contribution is 2.20. The molecular weight excluding hydrogens is 306 g/mol. The highest BCUT2D eigenvalue weighted by Gasteiger charge is 2.17. The summed E-state index contributed by atoms with van der Waals surface area (Å²) in [6, 6.07) is 8.27. The number of ether oxygens (including phenoxy) is 1. The first-order chi connectivity index (χ1) is 8.81. The van der Waals surface area contributed by atoms with Crippen LogP contribution < -0.4 is 5.32 Å². The zero-order valence-electron chi connectivity index (χ0n) is 12.0. The fourth-order valence-electron chi connectivity index (χ4n) is 1.81. The van der Waals surface area contributed by atoms with Gasteiger partial charge in [-0.15, -0.1) is 0 Å². The second kappa shape index (κ2) is 7.06. The summed E-state index contributed by atoms with van der Waals surface area (Å²) < 4.78 is 6.33. The average molecular weight is 328 g/mol. The van der Waals surface area contributed by atoms with Crippen molar-refractivity contribution >= 4 is 21.9 Å². The summed E-state index contributed by atoms with van der Waals surface area (Å²) in [6.07, 6.45) is 0.916. The number of rotatable bonds is 5.